The zero-order valence-corrected chi connectivity index (χ0v) is 13.2. The Hall–Kier alpha value is -2.76. The molecule has 0 aliphatic carbocycles. The topological polar surface area (TPSA) is 90.6 Å². The summed E-state index contributed by atoms with van der Waals surface area (Å²) in [6, 6.07) is 7.79. The number of aliphatic carboxylic acids is 1. The van der Waals surface area contributed by atoms with E-state index in [-0.39, 0.29) is 5.75 Å². The molecule has 0 aromatic heterocycles. The van der Waals surface area contributed by atoms with E-state index < -0.39 is 49.1 Å². The fraction of sp³-hybridized carbons (Fsp3) is 0.438. The quantitative estimate of drug-likeness (QED) is 0.892. The Kier molecular flexibility index (Phi) is 5.21. The lowest BCUT2D eigenvalue weighted by molar-refractivity contribution is -0.188. The molecule has 1 aromatic rings. The number of rotatable bonds is 4. The number of carbonyl (C=O) groups excluding carboxylic acids is 1. The summed E-state index contributed by atoms with van der Waals surface area (Å²) in [4.78, 5) is 24.2. The maximum atomic E-state index is 13.0. The lowest BCUT2D eigenvalue weighted by atomic mass is 9.96. The Morgan fingerprint density at radius 2 is 1.92 bits per heavy atom. The number of alkyl halides is 3. The average molecular weight is 356 g/mol. The maximum absolute atomic E-state index is 13.0. The number of likely N-dealkylation sites (tertiary alicyclic amines) is 1. The first-order chi connectivity index (χ1) is 11.6. The molecule has 1 saturated heterocycles. The molecule has 1 fully saturated rings. The van der Waals surface area contributed by atoms with Crippen LogP contribution in [0.2, 0.25) is 0 Å². The van der Waals surface area contributed by atoms with Crippen LogP contribution in [0, 0.1) is 23.2 Å². The lowest BCUT2D eigenvalue weighted by Crippen LogP contribution is -2.40. The summed E-state index contributed by atoms with van der Waals surface area (Å²) < 4.78 is 44.3. The minimum absolute atomic E-state index is 0.279. The van der Waals surface area contributed by atoms with E-state index in [1.54, 1.807) is 0 Å². The number of nitrogens with zero attached hydrogens (tertiary/aromatic N) is 2. The van der Waals surface area contributed by atoms with Crippen molar-refractivity contribution < 1.29 is 32.6 Å². The largest absolute Gasteiger partial charge is 0.481 e. The number of ether oxygens (including phenoxy) is 1. The van der Waals surface area contributed by atoms with Crippen molar-refractivity contribution >= 4 is 11.9 Å². The molecule has 1 amide bonds. The Labute approximate surface area is 141 Å². The Balaban J connectivity index is 2.06. The molecule has 1 N–H and O–H groups in total. The number of benzene rings is 1. The highest BCUT2D eigenvalue weighted by Gasteiger charge is 2.53. The van der Waals surface area contributed by atoms with Crippen molar-refractivity contribution in [2.24, 2.45) is 11.8 Å². The number of carboxylic acids is 1. The fourth-order valence-electron chi connectivity index (χ4n) is 2.69. The first-order valence-electron chi connectivity index (χ1n) is 7.38. The molecule has 0 spiro atoms. The summed E-state index contributed by atoms with van der Waals surface area (Å²) in [6.45, 7) is 0.150. The molecule has 1 aromatic carbocycles. The zero-order chi connectivity index (χ0) is 18.8. The molecule has 1 aliphatic heterocycles. The van der Waals surface area contributed by atoms with Gasteiger partial charge in [0.05, 0.1) is 23.5 Å². The molecule has 6 nitrogen and oxygen atoms in total. The number of carbonyl (C=O) groups is 2. The molecule has 0 saturated carbocycles. The van der Waals surface area contributed by atoms with Crippen LogP contribution in [0.25, 0.3) is 0 Å². The molecule has 134 valence electrons. The highest BCUT2D eigenvalue weighted by Crippen LogP contribution is 2.38. The second-order valence-electron chi connectivity index (χ2n) is 5.73. The Morgan fingerprint density at radius 3 is 2.36 bits per heavy atom. The second kappa shape index (κ2) is 7.01. The Morgan fingerprint density at radius 1 is 1.32 bits per heavy atom. The normalized spacial score (nSPS) is 21.5. The zero-order valence-electron chi connectivity index (χ0n) is 13.2. The lowest BCUT2D eigenvalue weighted by Gasteiger charge is -2.22. The first kappa shape index (κ1) is 18.6. The number of carboxylic acid groups (broad SMARTS) is 1. The summed E-state index contributed by atoms with van der Waals surface area (Å²) in [6.07, 6.45) is -5.79. The molecule has 1 unspecified atom stereocenters. The van der Waals surface area contributed by atoms with Gasteiger partial charge in [0.1, 0.15) is 5.75 Å². The van der Waals surface area contributed by atoms with Crippen LogP contribution in [-0.4, -0.2) is 47.3 Å². The van der Waals surface area contributed by atoms with Gasteiger partial charge in [-0.15, -0.1) is 0 Å². The number of amides is 1. The van der Waals surface area contributed by atoms with E-state index in [1.165, 1.54) is 31.2 Å². The minimum Gasteiger partial charge on any atom is -0.481 e. The van der Waals surface area contributed by atoms with E-state index in [2.05, 4.69) is 0 Å². The van der Waals surface area contributed by atoms with E-state index in [9.17, 15) is 22.8 Å². The van der Waals surface area contributed by atoms with Crippen molar-refractivity contribution in [3.8, 4) is 11.8 Å². The third kappa shape index (κ3) is 4.21. The van der Waals surface area contributed by atoms with E-state index in [0.717, 1.165) is 4.90 Å². The third-order valence-corrected chi connectivity index (χ3v) is 4.01. The van der Waals surface area contributed by atoms with E-state index in [0.29, 0.717) is 5.56 Å². The first-order valence-corrected chi connectivity index (χ1v) is 7.38. The maximum Gasteiger partial charge on any atom is 0.394 e. The van der Waals surface area contributed by atoms with Crippen molar-refractivity contribution in [2.45, 2.75) is 19.2 Å². The number of halogens is 3. The van der Waals surface area contributed by atoms with Crippen LogP contribution in [0.3, 0.4) is 0 Å². The van der Waals surface area contributed by atoms with Crippen LogP contribution in [0.1, 0.15) is 12.5 Å². The van der Waals surface area contributed by atoms with Gasteiger partial charge in [-0.25, -0.2) is 0 Å². The van der Waals surface area contributed by atoms with Gasteiger partial charge in [-0.2, -0.15) is 18.4 Å². The fourth-order valence-corrected chi connectivity index (χ4v) is 2.69. The summed E-state index contributed by atoms with van der Waals surface area (Å²) in [7, 11) is 0. The molecule has 0 radical (unpaired) electrons. The third-order valence-electron chi connectivity index (χ3n) is 4.01. The van der Waals surface area contributed by atoms with Gasteiger partial charge in [-0.1, -0.05) is 0 Å². The van der Waals surface area contributed by atoms with Crippen molar-refractivity contribution in [3.05, 3.63) is 29.8 Å². The van der Waals surface area contributed by atoms with Gasteiger partial charge in [-0.3, -0.25) is 9.59 Å². The minimum atomic E-state index is -4.70. The molecule has 25 heavy (non-hydrogen) atoms. The van der Waals surface area contributed by atoms with Crippen LogP contribution in [-0.2, 0) is 9.59 Å². The van der Waals surface area contributed by atoms with Gasteiger partial charge in [0.15, 0.2) is 6.10 Å². The summed E-state index contributed by atoms with van der Waals surface area (Å²) in [5.74, 6) is -5.82. The standard InChI is InChI=1S/C16H15F3N2O4/c1-9(25-11-4-2-10(6-20)3-5-11)14(22)21-7-12(15(23)24)13(8-21)16(17,18)19/h2-5,9,12-13H,7-8H2,1H3,(H,23,24)/t9?,12-,13-/m1/s1. The smallest absolute Gasteiger partial charge is 0.394 e. The van der Waals surface area contributed by atoms with Crippen molar-refractivity contribution in [1.82, 2.24) is 4.90 Å². The predicted molar refractivity (Wildman–Crippen MR) is 78.5 cm³/mol. The molecule has 1 heterocycles. The van der Waals surface area contributed by atoms with E-state index in [4.69, 9.17) is 15.1 Å². The molecule has 3 atom stereocenters. The van der Waals surface area contributed by atoms with Gasteiger partial charge in [0, 0.05) is 13.1 Å². The number of nitriles is 1. The highest BCUT2D eigenvalue weighted by atomic mass is 19.4. The monoisotopic (exact) mass is 356 g/mol. The van der Waals surface area contributed by atoms with E-state index >= 15 is 0 Å². The SMILES string of the molecule is CC(Oc1ccc(C#N)cc1)C(=O)N1C[C@@H](C(F)(F)F)[C@H](C(=O)O)C1. The van der Waals surface area contributed by atoms with E-state index in [1.807, 2.05) is 6.07 Å². The van der Waals surface area contributed by atoms with Crippen LogP contribution >= 0.6 is 0 Å². The van der Waals surface area contributed by atoms with Crippen LogP contribution < -0.4 is 4.74 Å². The van der Waals surface area contributed by atoms with Gasteiger partial charge in [0.2, 0.25) is 0 Å². The summed E-state index contributed by atoms with van der Waals surface area (Å²) >= 11 is 0. The van der Waals surface area contributed by atoms with Gasteiger partial charge in [0.25, 0.3) is 5.91 Å². The number of hydrogen-bond acceptors (Lipinski definition) is 4. The number of hydrogen-bond donors (Lipinski definition) is 1. The van der Waals surface area contributed by atoms with Crippen LogP contribution in [0.4, 0.5) is 13.2 Å². The van der Waals surface area contributed by atoms with Crippen molar-refractivity contribution in [2.75, 3.05) is 13.1 Å². The van der Waals surface area contributed by atoms with Gasteiger partial charge in [-0.05, 0) is 31.2 Å². The van der Waals surface area contributed by atoms with Crippen molar-refractivity contribution in [1.29, 1.82) is 5.26 Å². The van der Waals surface area contributed by atoms with Crippen LogP contribution in [0.15, 0.2) is 24.3 Å². The highest BCUT2D eigenvalue weighted by molar-refractivity contribution is 5.82. The molecule has 0 bridgehead atoms. The molecular formula is C16H15F3N2O4. The van der Waals surface area contributed by atoms with Gasteiger partial charge >= 0.3 is 12.1 Å². The van der Waals surface area contributed by atoms with Crippen LogP contribution in [0.5, 0.6) is 5.75 Å². The average Bonchev–Trinajstić information content (AvgIpc) is 3.00. The van der Waals surface area contributed by atoms with Crippen molar-refractivity contribution in [3.63, 3.8) is 0 Å². The predicted octanol–water partition coefficient (Wildman–Crippen LogP) is 2.05. The summed E-state index contributed by atoms with van der Waals surface area (Å²) in [5.41, 5.74) is 0.392. The molecule has 2 rings (SSSR count). The second-order valence-corrected chi connectivity index (χ2v) is 5.73. The van der Waals surface area contributed by atoms with Gasteiger partial charge < -0.3 is 14.7 Å². The molecule has 1 aliphatic rings. The summed E-state index contributed by atoms with van der Waals surface area (Å²) in [5, 5.41) is 17.7. The molecule has 9 heteroatoms. The molecular weight excluding hydrogens is 341 g/mol. The Bertz CT molecular complexity index is 697.